The number of benzene rings is 2. The molecule has 0 aliphatic heterocycles. The maximum absolute atomic E-state index is 10.5. The standard InChI is InChI=1S/C15H15ClN2O3/c16-11-4-5-13(17)12(7-11)14(19)10-3-1-2-9(6-10)8-18-15(20)21/h1-7,14,18-19H,8,17H2,(H,20,21). The number of hydrogen-bond donors (Lipinski definition) is 4. The fourth-order valence-corrected chi connectivity index (χ4v) is 2.19. The van der Waals surface area contributed by atoms with Crippen LogP contribution in [0.2, 0.25) is 5.02 Å². The molecule has 0 saturated heterocycles. The van der Waals surface area contributed by atoms with Gasteiger partial charge in [-0.1, -0.05) is 35.9 Å². The van der Waals surface area contributed by atoms with E-state index in [0.29, 0.717) is 21.8 Å². The number of rotatable bonds is 4. The molecule has 2 aromatic carbocycles. The van der Waals surface area contributed by atoms with Crippen LogP contribution in [0.25, 0.3) is 0 Å². The molecule has 21 heavy (non-hydrogen) atoms. The average molecular weight is 307 g/mol. The lowest BCUT2D eigenvalue weighted by Crippen LogP contribution is -2.20. The molecule has 0 saturated carbocycles. The van der Waals surface area contributed by atoms with Crippen molar-refractivity contribution in [1.82, 2.24) is 5.32 Å². The molecule has 5 nitrogen and oxygen atoms in total. The predicted octanol–water partition coefficient (Wildman–Crippen LogP) is 2.77. The zero-order chi connectivity index (χ0) is 15.4. The third-order valence-electron chi connectivity index (χ3n) is 3.05. The van der Waals surface area contributed by atoms with Crippen molar-refractivity contribution in [2.24, 2.45) is 0 Å². The number of nitrogens with one attached hydrogen (secondary N) is 1. The lowest BCUT2D eigenvalue weighted by Gasteiger charge is -2.15. The van der Waals surface area contributed by atoms with Gasteiger partial charge in [-0.3, -0.25) is 0 Å². The summed E-state index contributed by atoms with van der Waals surface area (Å²) in [4.78, 5) is 10.5. The molecule has 2 rings (SSSR count). The van der Waals surface area contributed by atoms with Crippen molar-refractivity contribution in [2.45, 2.75) is 12.6 Å². The third kappa shape index (κ3) is 3.87. The maximum Gasteiger partial charge on any atom is 0.404 e. The zero-order valence-electron chi connectivity index (χ0n) is 11.1. The molecule has 0 bridgehead atoms. The Morgan fingerprint density at radius 1 is 1.29 bits per heavy atom. The Balaban J connectivity index is 2.26. The second-order valence-corrected chi connectivity index (χ2v) is 5.02. The van der Waals surface area contributed by atoms with Crippen LogP contribution in [0.1, 0.15) is 22.8 Å². The summed E-state index contributed by atoms with van der Waals surface area (Å²) in [6, 6.07) is 11.9. The summed E-state index contributed by atoms with van der Waals surface area (Å²) in [7, 11) is 0. The van der Waals surface area contributed by atoms with Gasteiger partial charge in [0.15, 0.2) is 0 Å². The molecule has 0 aromatic heterocycles. The number of nitrogen functional groups attached to an aromatic ring is 1. The van der Waals surface area contributed by atoms with E-state index in [1.807, 2.05) is 0 Å². The number of amides is 1. The average Bonchev–Trinajstić information content (AvgIpc) is 2.47. The molecule has 0 radical (unpaired) electrons. The van der Waals surface area contributed by atoms with Gasteiger partial charge in [-0.15, -0.1) is 0 Å². The molecule has 1 amide bonds. The van der Waals surface area contributed by atoms with Crippen LogP contribution < -0.4 is 11.1 Å². The number of nitrogens with two attached hydrogens (primary N) is 1. The Morgan fingerprint density at radius 3 is 2.76 bits per heavy atom. The van der Waals surface area contributed by atoms with E-state index in [1.54, 1.807) is 42.5 Å². The van der Waals surface area contributed by atoms with Crippen LogP contribution >= 0.6 is 11.6 Å². The minimum Gasteiger partial charge on any atom is -0.465 e. The molecule has 0 heterocycles. The number of anilines is 1. The Hall–Kier alpha value is -2.24. The van der Waals surface area contributed by atoms with Crippen molar-refractivity contribution in [3.05, 3.63) is 64.2 Å². The summed E-state index contributed by atoms with van der Waals surface area (Å²) < 4.78 is 0. The Kier molecular flexibility index (Phi) is 4.67. The van der Waals surface area contributed by atoms with E-state index in [4.69, 9.17) is 22.4 Å². The molecule has 0 fully saturated rings. The van der Waals surface area contributed by atoms with E-state index in [9.17, 15) is 9.90 Å². The predicted molar refractivity (Wildman–Crippen MR) is 81.2 cm³/mol. The Labute approximate surface area is 127 Å². The van der Waals surface area contributed by atoms with Crippen molar-refractivity contribution in [3.63, 3.8) is 0 Å². The van der Waals surface area contributed by atoms with Crippen molar-refractivity contribution < 1.29 is 15.0 Å². The molecular formula is C15H15ClN2O3. The molecule has 1 unspecified atom stereocenters. The van der Waals surface area contributed by atoms with Gasteiger partial charge in [0, 0.05) is 22.8 Å². The van der Waals surface area contributed by atoms with Gasteiger partial charge in [0.05, 0.1) is 0 Å². The van der Waals surface area contributed by atoms with E-state index < -0.39 is 12.2 Å². The van der Waals surface area contributed by atoms with Gasteiger partial charge in [0.25, 0.3) is 0 Å². The number of halogens is 1. The van der Waals surface area contributed by atoms with Gasteiger partial charge in [0.2, 0.25) is 0 Å². The highest BCUT2D eigenvalue weighted by Crippen LogP contribution is 2.29. The third-order valence-corrected chi connectivity index (χ3v) is 3.29. The highest BCUT2D eigenvalue weighted by molar-refractivity contribution is 6.30. The highest BCUT2D eigenvalue weighted by atomic mass is 35.5. The van der Waals surface area contributed by atoms with Crippen LogP contribution in [0, 0.1) is 0 Å². The smallest absolute Gasteiger partial charge is 0.404 e. The lowest BCUT2D eigenvalue weighted by atomic mass is 9.98. The quantitative estimate of drug-likeness (QED) is 0.653. The first-order valence-electron chi connectivity index (χ1n) is 6.26. The molecule has 0 spiro atoms. The van der Waals surface area contributed by atoms with Crippen LogP contribution in [0.4, 0.5) is 10.5 Å². The van der Waals surface area contributed by atoms with Crippen molar-refractivity contribution in [3.8, 4) is 0 Å². The largest absolute Gasteiger partial charge is 0.465 e. The van der Waals surface area contributed by atoms with Gasteiger partial charge < -0.3 is 21.3 Å². The van der Waals surface area contributed by atoms with E-state index in [-0.39, 0.29) is 6.54 Å². The van der Waals surface area contributed by atoms with Crippen LogP contribution in [-0.4, -0.2) is 16.3 Å². The normalized spacial score (nSPS) is 11.9. The molecule has 2 aromatic rings. The fourth-order valence-electron chi connectivity index (χ4n) is 2.01. The van der Waals surface area contributed by atoms with E-state index in [0.717, 1.165) is 5.56 Å². The summed E-state index contributed by atoms with van der Waals surface area (Å²) in [5.74, 6) is 0. The minimum atomic E-state index is -1.10. The van der Waals surface area contributed by atoms with E-state index in [1.165, 1.54) is 0 Å². The first kappa shape index (κ1) is 15.2. The van der Waals surface area contributed by atoms with Crippen molar-refractivity contribution in [1.29, 1.82) is 0 Å². The topological polar surface area (TPSA) is 95.6 Å². The number of aliphatic hydroxyl groups is 1. The minimum absolute atomic E-state index is 0.168. The van der Waals surface area contributed by atoms with Gasteiger partial charge in [-0.2, -0.15) is 0 Å². The summed E-state index contributed by atoms with van der Waals surface area (Å²) in [6.45, 7) is 0.168. The number of carboxylic acid groups (broad SMARTS) is 1. The number of aliphatic hydroxyl groups excluding tert-OH is 1. The van der Waals surface area contributed by atoms with Gasteiger partial charge in [0.1, 0.15) is 6.10 Å². The van der Waals surface area contributed by atoms with Gasteiger partial charge in [-0.25, -0.2) is 4.79 Å². The van der Waals surface area contributed by atoms with Crippen LogP contribution in [0.15, 0.2) is 42.5 Å². The van der Waals surface area contributed by atoms with Crippen LogP contribution in [-0.2, 0) is 6.54 Å². The van der Waals surface area contributed by atoms with Crippen LogP contribution in [0.3, 0.4) is 0 Å². The number of carbonyl (C=O) groups is 1. The molecule has 6 heteroatoms. The molecule has 1 atom stereocenters. The summed E-state index contributed by atoms with van der Waals surface area (Å²) in [6.07, 6.45) is -2.02. The summed E-state index contributed by atoms with van der Waals surface area (Å²) in [5.41, 5.74) is 8.18. The molecule has 0 aliphatic rings. The van der Waals surface area contributed by atoms with E-state index >= 15 is 0 Å². The van der Waals surface area contributed by atoms with E-state index in [2.05, 4.69) is 5.32 Å². The monoisotopic (exact) mass is 306 g/mol. The second kappa shape index (κ2) is 6.47. The van der Waals surface area contributed by atoms with Crippen molar-refractivity contribution in [2.75, 3.05) is 5.73 Å². The number of hydrogen-bond acceptors (Lipinski definition) is 3. The Bertz CT molecular complexity index is 661. The van der Waals surface area contributed by atoms with Crippen LogP contribution in [0.5, 0.6) is 0 Å². The lowest BCUT2D eigenvalue weighted by molar-refractivity contribution is 0.194. The Morgan fingerprint density at radius 2 is 2.05 bits per heavy atom. The molecular weight excluding hydrogens is 292 g/mol. The fraction of sp³-hybridized carbons (Fsp3) is 0.133. The molecule has 110 valence electrons. The first-order chi connectivity index (χ1) is 9.97. The van der Waals surface area contributed by atoms with Gasteiger partial charge in [-0.05, 0) is 29.3 Å². The van der Waals surface area contributed by atoms with Crippen molar-refractivity contribution >= 4 is 23.4 Å². The second-order valence-electron chi connectivity index (χ2n) is 4.58. The zero-order valence-corrected chi connectivity index (χ0v) is 11.8. The maximum atomic E-state index is 10.5. The summed E-state index contributed by atoms with van der Waals surface area (Å²) >= 11 is 5.92. The summed E-state index contributed by atoms with van der Waals surface area (Å²) in [5, 5.41) is 21.8. The van der Waals surface area contributed by atoms with Gasteiger partial charge >= 0.3 is 6.09 Å². The SMILES string of the molecule is Nc1ccc(Cl)cc1C(O)c1cccc(CNC(=O)O)c1. The first-order valence-corrected chi connectivity index (χ1v) is 6.64. The molecule has 5 N–H and O–H groups in total. The highest BCUT2D eigenvalue weighted by Gasteiger charge is 2.14. The molecule has 0 aliphatic carbocycles.